The van der Waals surface area contributed by atoms with Gasteiger partial charge in [-0.25, -0.2) is 0 Å². The van der Waals surface area contributed by atoms with Gasteiger partial charge in [-0.1, -0.05) is 60.7 Å². The van der Waals surface area contributed by atoms with Crippen LogP contribution >= 0.6 is 0 Å². The molecule has 0 unspecified atom stereocenters. The van der Waals surface area contributed by atoms with Gasteiger partial charge in [0.2, 0.25) is 11.8 Å². The van der Waals surface area contributed by atoms with Gasteiger partial charge >= 0.3 is 0 Å². The molecule has 130 valence electrons. The number of nitrogens with zero attached hydrogens (tertiary/aromatic N) is 1. The molecule has 5 nitrogen and oxygen atoms in total. The van der Waals surface area contributed by atoms with E-state index in [1.165, 1.54) is 0 Å². The van der Waals surface area contributed by atoms with E-state index in [4.69, 9.17) is 4.74 Å². The third kappa shape index (κ3) is 4.90. The van der Waals surface area contributed by atoms with Crippen LogP contribution in [0.1, 0.15) is 17.2 Å². The highest BCUT2D eigenvalue weighted by Gasteiger charge is 2.25. The molecule has 5 heteroatoms. The number of hydrogen-bond donors (Lipinski definition) is 1. The minimum Gasteiger partial charge on any atom is -0.370 e. The van der Waals surface area contributed by atoms with Crippen LogP contribution in [0.5, 0.6) is 0 Å². The second-order valence-electron chi connectivity index (χ2n) is 6.05. The number of carbonyl (C=O) groups excluding carboxylic acids is 2. The summed E-state index contributed by atoms with van der Waals surface area (Å²) in [6, 6.07) is 19.4. The number of carbonyl (C=O) groups is 2. The molecule has 0 aliphatic carbocycles. The van der Waals surface area contributed by atoms with Crippen molar-refractivity contribution in [2.24, 2.45) is 0 Å². The van der Waals surface area contributed by atoms with Crippen LogP contribution in [0.3, 0.4) is 0 Å². The lowest BCUT2D eigenvalue weighted by atomic mass is 10.1. The first-order valence-electron chi connectivity index (χ1n) is 8.47. The number of morpholine rings is 1. The molecule has 1 heterocycles. The summed E-state index contributed by atoms with van der Waals surface area (Å²) in [7, 11) is 0. The van der Waals surface area contributed by atoms with Crippen molar-refractivity contribution in [3.8, 4) is 0 Å². The highest BCUT2D eigenvalue weighted by atomic mass is 16.5. The lowest BCUT2D eigenvalue weighted by Gasteiger charge is -2.33. The van der Waals surface area contributed by atoms with Crippen molar-refractivity contribution in [2.75, 3.05) is 26.2 Å². The van der Waals surface area contributed by atoms with Gasteiger partial charge in [0.05, 0.1) is 26.1 Å². The zero-order valence-corrected chi connectivity index (χ0v) is 14.1. The van der Waals surface area contributed by atoms with E-state index in [1.807, 2.05) is 60.7 Å². The summed E-state index contributed by atoms with van der Waals surface area (Å²) in [4.78, 5) is 26.1. The van der Waals surface area contributed by atoms with E-state index >= 15 is 0 Å². The molecule has 0 radical (unpaired) electrons. The summed E-state index contributed by atoms with van der Waals surface area (Å²) >= 11 is 0. The molecule has 25 heavy (non-hydrogen) atoms. The maximum atomic E-state index is 12.4. The van der Waals surface area contributed by atoms with E-state index in [2.05, 4.69) is 5.32 Å². The number of hydrogen-bond acceptors (Lipinski definition) is 3. The van der Waals surface area contributed by atoms with Crippen molar-refractivity contribution < 1.29 is 14.3 Å². The number of rotatable bonds is 5. The van der Waals surface area contributed by atoms with Crippen LogP contribution in [0.25, 0.3) is 0 Å². The van der Waals surface area contributed by atoms with E-state index in [9.17, 15) is 9.59 Å². The maximum absolute atomic E-state index is 12.4. The zero-order valence-electron chi connectivity index (χ0n) is 14.1. The molecule has 1 aliphatic rings. The van der Waals surface area contributed by atoms with Crippen molar-refractivity contribution in [3.05, 3.63) is 71.8 Å². The smallest absolute Gasteiger partial charge is 0.242 e. The largest absolute Gasteiger partial charge is 0.370 e. The van der Waals surface area contributed by atoms with Gasteiger partial charge in [-0.2, -0.15) is 0 Å². The standard InChI is InChI=1S/C20H22N2O3/c23-19(13-16-7-3-1-4-8-16)21-14-20(24)22-11-12-25-18(15-22)17-9-5-2-6-10-17/h1-10,18H,11-15H2,(H,21,23)/t18-/m1/s1. The topological polar surface area (TPSA) is 58.6 Å². The Bertz CT molecular complexity index is 703. The van der Waals surface area contributed by atoms with Crippen LogP contribution < -0.4 is 5.32 Å². The van der Waals surface area contributed by atoms with Crippen LogP contribution in [0, 0.1) is 0 Å². The fourth-order valence-electron chi connectivity index (χ4n) is 2.87. The van der Waals surface area contributed by atoms with Crippen LogP contribution in [0.2, 0.25) is 0 Å². The summed E-state index contributed by atoms with van der Waals surface area (Å²) in [6.07, 6.45) is 0.170. The van der Waals surface area contributed by atoms with E-state index in [0.29, 0.717) is 19.7 Å². The van der Waals surface area contributed by atoms with E-state index in [0.717, 1.165) is 11.1 Å². The summed E-state index contributed by atoms with van der Waals surface area (Å²) < 4.78 is 5.77. The average Bonchev–Trinajstić information content (AvgIpc) is 2.68. The van der Waals surface area contributed by atoms with E-state index in [-0.39, 0.29) is 30.9 Å². The Labute approximate surface area is 147 Å². The van der Waals surface area contributed by atoms with Crippen molar-refractivity contribution in [2.45, 2.75) is 12.5 Å². The minimum absolute atomic E-state index is 0.0210. The SMILES string of the molecule is O=C(Cc1ccccc1)NCC(=O)N1CCO[C@@H](c2ccccc2)C1. The van der Waals surface area contributed by atoms with Crippen LogP contribution in [-0.2, 0) is 20.7 Å². The molecule has 1 fully saturated rings. The second kappa shape index (κ2) is 8.44. The van der Waals surface area contributed by atoms with Gasteiger partial charge in [0.15, 0.2) is 0 Å². The molecule has 2 amide bonds. The van der Waals surface area contributed by atoms with Gasteiger partial charge in [0.1, 0.15) is 6.10 Å². The highest BCUT2D eigenvalue weighted by Crippen LogP contribution is 2.21. The Balaban J connectivity index is 1.48. The molecule has 2 aromatic carbocycles. The first kappa shape index (κ1) is 17.2. The van der Waals surface area contributed by atoms with Gasteiger partial charge in [-0.15, -0.1) is 0 Å². The Kier molecular flexibility index (Phi) is 5.80. The molecule has 3 rings (SSSR count). The van der Waals surface area contributed by atoms with Gasteiger partial charge in [0, 0.05) is 6.54 Å². The second-order valence-corrected chi connectivity index (χ2v) is 6.05. The molecule has 0 spiro atoms. The van der Waals surface area contributed by atoms with E-state index in [1.54, 1.807) is 4.90 Å². The summed E-state index contributed by atoms with van der Waals surface area (Å²) in [5.74, 6) is -0.224. The van der Waals surface area contributed by atoms with Crippen LogP contribution in [0.4, 0.5) is 0 Å². The normalized spacial score (nSPS) is 17.1. The molecule has 0 saturated carbocycles. The van der Waals surface area contributed by atoms with Crippen molar-refractivity contribution >= 4 is 11.8 Å². The Morgan fingerprint density at radius 3 is 2.44 bits per heavy atom. The quantitative estimate of drug-likeness (QED) is 0.906. The molecule has 1 N–H and O–H groups in total. The number of nitrogens with one attached hydrogen (secondary N) is 1. The van der Waals surface area contributed by atoms with Crippen molar-refractivity contribution in [1.29, 1.82) is 0 Å². The lowest BCUT2D eigenvalue weighted by Crippen LogP contribution is -2.46. The lowest BCUT2D eigenvalue weighted by molar-refractivity contribution is -0.139. The van der Waals surface area contributed by atoms with Crippen molar-refractivity contribution in [3.63, 3.8) is 0 Å². The molecule has 0 bridgehead atoms. The number of amides is 2. The number of ether oxygens (including phenoxy) is 1. The molecular formula is C20H22N2O3. The summed E-state index contributed by atoms with van der Waals surface area (Å²) in [6.45, 7) is 1.59. The van der Waals surface area contributed by atoms with Crippen molar-refractivity contribution in [1.82, 2.24) is 10.2 Å². The third-order valence-corrected chi connectivity index (χ3v) is 4.23. The van der Waals surface area contributed by atoms with E-state index < -0.39 is 0 Å². The first-order chi connectivity index (χ1) is 12.2. The molecule has 1 saturated heterocycles. The number of benzene rings is 2. The Morgan fingerprint density at radius 2 is 1.72 bits per heavy atom. The molecule has 0 aromatic heterocycles. The Morgan fingerprint density at radius 1 is 1.04 bits per heavy atom. The molecule has 2 aromatic rings. The Hall–Kier alpha value is -2.66. The molecule has 1 aliphatic heterocycles. The predicted molar refractivity (Wildman–Crippen MR) is 94.9 cm³/mol. The highest BCUT2D eigenvalue weighted by molar-refractivity contribution is 5.85. The fraction of sp³-hybridized carbons (Fsp3) is 0.300. The van der Waals surface area contributed by atoms with Gasteiger partial charge in [0.25, 0.3) is 0 Å². The van der Waals surface area contributed by atoms with Crippen LogP contribution in [0.15, 0.2) is 60.7 Å². The minimum atomic E-state index is -0.146. The molecular weight excluding hydrogens is 316 g/mol. The zero-order chi connectivity index (χ0) is 17.5. The third-order valence-electron chi connectivity index (χ3n) is 4.23. The predicted octanol–water partition coefficient (Wildman–Crippen LogP) is 1.95. The summed E-state index contributed by atoms with van der Waals surface area (Å²) in [5.41, 5.74) is 2.00. The van der Waals surface area contributed by atoms with Gasteiger partial charge in [-0.3, -0.25) is 9.59 Å². The first-order valence-corrected chi connectivity index (χ1v) is 8.47. The monoisotopic (exact) mass is 338 g/mol. The van der Waals surface area contributed by atoms with Crippen LogP contribution in [-0.4, -0.2) is 43.0 Å². The summed E-state index contributed by atoms with van der Waals surface area (Å²) in [5, 5.41) is 2.71. The average molecular weight is 338 g/mol. The van der Waals surface area contributed by atoms with Gasteiger partial charge in [-0.05, 0) is 11.1 Å². The molecule has 1 atom stereocenters. The fourth-order valence-corrected chi connectivity index (χ4v) is 2.87. The maximum Gasteiger partial charge on any atom is 0.242 e. The van der Waals surface area contributed by atoms with Gasteiger partial charge < -0.3 is 15.0 Å².